The van der Waals surface area contributed by atoms with Gasteiger partial charge in [-0.3, -0.25) is 4.90 Å². The Hall–Kier alpha value is -2.87. The van der Waals surface area contributed by atoms with Gasteiger partial charge in [0.05, 0.1) is 12.1 Å². The standard InChI is InChI=1S/C20H17BrN2O5/c1-20(18(24)25)9-12(10-23(20)19(26)27)28-17-15-8-11(21)6-7-13(15)14-4-2-3-5-16(14)22-17/h2-8,12H,9-10H2,1H3,(H,24,25)(H,26,27)/t12-,20+/m1/s1. The lowest BCUT2D eigenvalue weighted by Crippen LogP contribution is -2.50. The van der Waals surface area contributed by atoms with Crippen LogP contribution in [-0.2, 0) is 4.79 Å². The van der Waals surface area contributed by atoms with Gasteiger partial charge >= 0.3 is 12.1 Å². The van der Waals surface area contributed by atoms with E-state index in [0.717, 1.165) is 31.0 Å². The molecule has 4 rings (SSSR count). The molecule has 8 heteroatoms. The van der Waals surface area contributed by atoms with E-state index >= 15 is 0 Å². The highest BCUT2D eigenvalue weighted by Gasteiger charge is 2.51. The van der Waals surface area contributed by atoms with Crippen molar-refractivity contribution in [3.05, 3.63) is 46.9 Å². The van der Waals surface area contributed by atoms with E-state index in [0.29, 0.717) is 5.88 Å². The lowest BCUT2D eigenvalue weighted by atomic mass is 9.99. The van der Waals surface area contributed by atoms with Gasteiger partial charge in [-0.05, 0) is 30.5 Å². The van der Waals surface area contributed by atoms with Gasteiger partial charge in [0, 0.05) is 21.7 Å². The molecule has 1 fully saturated rings. The summed E-state index contributed by atoms with van der Waals surface area (Å²) >= 11 is 3.46. The molecule has 0 saturated carbocycles. The van der Waals surface area contributed by atoms with Crippen LogP contribution in [0.15, 0.2) is 46.9 Å². The SMILES string of the molecule is C[C@@]1(C(=O)O)C[C@@H](Oc2nc3ccccc3c3ccc(Br)cc23)CN1C(=O)O. The first kappa shape index (κ1) is 18.5. The van der Waals surface area contributed by atoms with E-state index in [-0.39, 0.29) is 13.0 Å². The van der Waals surface area contributed by atoms with Gasteiger partial charge in [0.1, 0.15) is 11.6 Å². The van der Waals surface area contributed by atoms with Crippen LogP contribution in [0.25, 0.3) is 21.7 Å². The zero-order valence-electron chi connectivity index (χ0n) is 14.9. The minimum Gasteiger partial charge on any atom is -0.480 e. The zero-order valence-corrected chi connectivity index (χ0v) is 16.5. The van der Waals surface area contributed by atoms with Crippen molar-refractivity contribution in [1.82, 2.24) is 9.88 Å². The van der Waals surface area contributed by atoms with Gasteiger partial charge in [0.2, 0.25) is 5.88 Å². The molecule has 0 bridgehead atoms. The Morgan fingerprint density at radius 1 is 1.18 bits per heavy atom. The van der Waals surface area contributed by atoms with Crippen molar-refractivity contribution < 1.29 is 24.5 Å². The molecule has 1 aromatic heterocycles. The number of pyridine rings is 1. The molecule has 0 spiro atoms. The predicted octanol–water partition coefficient (Wildman–Crippen LogP) is 4.12. The summed E-state index contributed by atoms with van der Waals surface area (Å²) in [6, 6.07) is 13.5. The number of hydrogen-bond donors (Lipinski definition) is 2. The average molecular weight is 445 g/mol. The number of carbonyl (C=O) groups is 2. The maximum Gasteiger partial charge on any atom is 0.408 e. The number of likely N-dealkylation sites (tertiary alicyclic amines) is 1. The third-order valence-corrected chi connectivity index (χ3v) is 5.70. The molecule has 7 nitrogen and oxygen atoms in total. The fraction of sp³-hybridized carbons (Fsp3) is 0.250. The molecule has 1 saturated heterocycles. The fourth-order valence-corrected chi connectivity index (χ4v) is 4.10. The summed E-state index contributed by atoms with van der Waals surface area (Å²) in [6.45, 7) is 1.36. The highest BCUT2D eigenvalue weighted by Crippen LogP contribution is 2.36. The zero-order chi connectivity index (χ0) is 20.1. The molecule has 2 aromatic carbocycles. The quantitative estimate of drug-likeness (QED) is 0.589. The molecule has 2 atom stereocenters. The van der Waals surface area contributed by atoms with Crippen LogP contribution in [0.2, 0.25) is 0 Å². The average Bonchev–Trinajstić information content (AvgIpc) is 3.00. The lowest BCUT2D eigenvalue weighted by Gasteiger charge is -2.27. The highest BCUT2D eigenvalue weighted by atomic mass is 79.9. The molecular formula is C20H17BrN2O5. The summed E-state index contributed by atoms with van der Waals surface area (Å²) in [5.41, 5.74) is -0.787. The Bertz CT molecular complexity index is 1120. The van der Waals surface area contributed by atoms with Gasteiger partial charge in [-0.2, -0.15) is 0 Å². The summed E-state index contributed by atoms with van der Waals surface area (Å²) < 4.78 is 6.93. The lowest BCUT2D eigenvalue weighted by molar-refractivity contribution is -0.147. The summed E-state index contributed by atoms with van der Waals surface area (Å²) in [5, 5.41) is 21.7. The third kappa shape index (κ3) is 2.93. The summed E-state index contributed by atoms with van der Waals surface area (Å²) in [4.78, 5) is 28.8. The number of carboxylic acids is 1. The number of ether oxygens (including phenoxy) is 1. The number of hydrogen-bond acceptors (Lipinski definition) is 4. The van der Waals surface area contributed by atoms with Crippen molar-refractivity contribution >= 4 is 49.7 Å². The Kier molecular flexibility index (Phi) is 4.38. The van der Waals surface area contributed by atoms with Gasteiger partial charge in [0.15, 0.2) is 0 Å². The van der Waals surface area contributed by atoms with E-state index in [1.54, 1.807) is 0 Å². The normalized spacial score (nSPS) is 21.9. The second kappa shape index (κ2) is 6.63. The maximum absolute atomic E-state index is 11.7. The van der Waals surface area contributed by atoms with E-state index in [1.807, 2.05) is 42.5 Å². The second-order valence-corrected chi connectivity index (χ2v) is 7.96. The summed E-state index contributed by atoms with van der Waals surface area (Å²) in [7, 11) is 0. The number of carboxylic acid groups (broad SMARTS) is 2. The van der Waals surface area contributed by atoms with Crippen molar-refractivity contribution in [1.29, 1.82) is 0 Å². The van der Waals surface area contributed by atoms with Crippen LogP contribution < -0.4 is 4.74 Å². The minimum absolute atomic E-state index is 0.0395. The van der Waals surface area contributed by atoms with E-state index < -0.39 is 23.7 Å². The number of halogens is 1. The first-order valence-electron chi connectivity index (χ1n) is 8.68. The van der Waals surface area contributed by atoms with E-state index in [9.17, 15) is 19.8 Å². The molecule has 0 unspecified atom stereocenters. The fourth-order valence-electron chi connectivity index (χ4n) is 3.74. The van der Waals surface area contributed by atoms with Gasteiger partial charge in [-0.15, -0.1) is 0 Å². The number of benzene rings is 2. The molecule has 144 valence electrons. The number of nitrogens with zero attached hydrogens (tertiary/aromatic N) is 2. The van der Waals surface area contributed by atoms with E-state index in [2.05, 4.69) is 20.9 Å². The Morgan fingerprint density at radius 2 is 1.93 bits per heavy atom. The smallest absolute Gasteiger partial charge is 0.408 e. The molecule has 0 aliphatic carbocycles. The van der Waals surface area contributed by atoms with Crippen LogP contribution in [0.5, 0.6) is 5.88 Å². The van der Waals surface area contributed by atoms with Crippen molar-refractivity contribution in [2.24, 2.45) is 0 Å². The van der Waals surface area contributed by atoms with Crippen molar-refractivity contribution in [3.63, 3.8) is 0 Å². The first-order valence-corrected chi connectivity index (χ1v) is 9.47. The van der Waals surface area contributed by atoms with Crippen LogP contribution in [-0.4, -0.2) is 50.3 Å². The second-order valence-electron chi connectivity index (χ2n) is 7.04. The van der Waals surface area contributed by atoms with Gasteiger partial charge in [0.25, 0.3) is 0 Å². The maximum atomic E-state index is 11.7. The predicted molar refractivity (Wildman–Crippen MR) is 107 cm³/mol. The van der Waals surface area contributed by atoms with Gasteiger partial charge < -0.3 is 14.9 Å². The molecule has 1 aliphatic rings. The number of amides is 1. The van der Waals surface area contributed by atoms with E-state index in [1.165, 1.54) is 6.92 Å². The van der Waals surface area contributed by atoms with Crippen LogP contribution in [0, 0.1) is 0 Å². The summed E-state index contributed by atoms with van der Waals surface area (Å²) in [5.74, 6) is -0.833. The number of rotatable bonds is 3. The van der Waals surface area contributed by atoms with Gasteiger partial charge in [-0.25, -0.2) is 14.6 Å². The van der Waals surface area contributed by atoms with Crippen LogP contribution in [0.1, 0.15) is 13.3 Å². The van der Waals surface area contributed by atoms with Crippen molar-refractivity contribution in [2.75, 3.05) is 6.54 Å². The number of aromatic nitrogens is 1. The topological polar surface area (TPSA) is 100.0 Å². The number of para-hydroxylation sites is 1. The minimum atomic E-state index is -1.54. The Labute approximate surface area is 168 Å². The molecule has 0 radical (unpaired) electrons. The molecule has 1 aliphatic heterocycles. The first-order chi connectivity index (χ1) is 13.3. The van der Waals surface area contributed by atoms with Crippen LogP contribution in [0.4, 0.5) is 4.79 Å². The molecule has 1 amide bonds. The van der Waals surface area contributed by atoms with Crippen LogP contribution >= 0.6 is 15.9 Å². The molecule has 3 aromatic rings. The summed E-state index contributed by atoms with van der Waals surface area (Å²) in [6.07, 6.45) is -1.86. The van der Waals surface area contributed by atoms with Crippen molar-refractivity contribution in [3.8, 4) is 5.88 Å². The number of aliphatic carboxylic acids is 1. The number of fused-ring (bicyclic) bond motifs is 3. The molecule has 2 N–H and O–H groups in total. The largest absolute Gasteiger partial charge is 0.480 e. The molecular weight excluding hydrogens is 428 g/mol. The van der Waals surface area contributed by atoms with Crippen LogP contribution in [0.3, 0.4) is 0 Å². The molecule has 28 heavy (non-hydrogen) atoms. The van der Waals surface area contributed by atoms with Gasteiger partial charge in [-0.1, -0.05) is 40.2 Å². The highest BCUT2D eigenvalue weighted by molar-refractivity contribution is 9.10. The third-order valence-electron chi connectivity index (χ3n) is 5.21. The Balaban J connectivity index is 1.78. The Morgan fingerprint density at radius 3 is 2.61 bits per heavy atom. The molecule has 2 heterocycles. The van der Waals surface area contributed by atoms with Crippen molar-refractivity contribution in [2.45, 2.75) is 25.0 Å². The monoisotopic (exact) mass is 444 g/mol. The van der Waals surface area contributed by atoms with E-state index in [4.69, 9.17) is 4.74 Å².